The highest BCUT2D eigenvalue weighted by atomic mass is 35.5. The van der Waals surface area contributed by atoms with Crippen LogP contribution in [0.15, 0.2) is 35.9 Å². The molecule has 102 valence electrons. The summed E-state index contributed by atoms with van der Waals surface area (Å²) in [7, 11) is 0. The van der Waals surface area contributed by atoms with Crippen molar-refractivity contribution in [2.24, 2.45) is 0 Å². The van der Waals surface area contributed by atoms with E-state index in [0.717, 1.165) is 23.5 Å². The van der Waals surface area contributed by atoms with Gasteiger partial charge in [0.05, 0.1) is 0 Å². The monoisotopic (exact) mass is 275 g/mol. The second kappa shape index (κ2) is 6.11. The molecule has 1 N–H and O–H groups in total. The first-order chi connectivity index (χ1) is 9.31. The van der Waals surface area contributed by atoms with Crippen molar-refractivity contribution in [3.63, 3.8) is 0 Å². The van der Waals surface area contributed by atoms with Crippen LogP contribution in [0.1, 0.15) is 50.0 Å². The minimum absolute atomic E-state index is 0.725. The van der Waals surface area contributed by atoms with E-state index < -0.39 is 0 Å². The Balaban J connectivity index is 1.37. The summed E-state index contributed by atoms with van der Waals surface area (Å²) in [4.78, 5) is 0. The lowest BCUT2D eigenvalue weighted by Gasteiger charge is -2.36. The molecule has 0 atom stereocenters. The summed E-state index contributed by atoms with van der Waals surface area (Å²) < 4.78 is 0. The maximum Gasteiger partial charge on any atom is 0.0406 e. The van der Waals surface area contributed by atoms with Gasteiger partial charge in [-0.3, -0.25) is 0 Å². The molecule has 2 aliphatic rings. The smallest absolute Gasteiger partial charge is 0.0406 e. The van der Waals surface area contributed by atoms with Crippen molar-refractivity contribution in [2.45, 2.75) is 50.5 Å². The van der Waals surface area contributed by atoms with Gasteiger partial charge in [0.15, 0.2) is 0 Å². The Morgan fingerprint density at radius 2 is 1.95 bits per heavy atom. The average Bonchev–Trinajstić information content (AvgIpc) is 2.87. The fourth-order valence-corrected chi connectivity index (χ4v) is 3.32. The Labute approximate surface area is 121 Å². The van der Waals surface area contributed by atoms with Crippen molar-refractivity contribution < 1.29 is 0 Å². The van der Waals surface area contributed by atoms with Crippen molar-refractivity contribution in [3.05, 3.63) is 46.5 Å². The van der Waals surface area contributed by atoms with Crippen molar-refractivity contribution in [3.8, 4) is 0 Å². The van der Waals surface area contributed by atoms with Gasteiger partial charge in [0, 0.05) is 11.1 Å². The Bertz CT molecular complexity index is 443. The molecule has 1 aromatic carbocycles. The number of hydrogen-bond acceptors (Lipinski definition) is 1. The molecule has 1 fully saturated rings. The van der Waals surface area contributed by atoms with Crippen LogP contribution >= 0.6 is 11.6 Å². The predicted octanol–water partition coefficient (Wildman–Crippen LogP) is 4.68. The Kier molecular flexibility index (Phi) is 4.24. The van der Waals surface area contributed by atoms with Crippen LogP contribution in [0, 0.1) is 0 Å². The van der Waals surface area contributed by atoms with Crippen LogP contribution in [0.4, 0.5) is 0 Å². The summed E-state index contributed by atoms with van der Waals surface area (Å²) in [5.41, 5.74) is 3.11. The number of rotatable bonds is 5. The zero-order valence-electron chi connectivity index (χ0n) is 11.4. The minimum Gasteiger partial charge on any atom is -0.314 e. The van der Waals surface area contributed by atoms with E-state index in [0.29, 0.717) is 0 Å². The molecule has 0 saturated heterocycles. The quantitative estimate of drug-likeness (QED) is 0.770. The lowest BCUT2D eigenvalue weighted by molar-refractivity contribution is 0.292. The second-order valence-electron chi connectivity index (χ2n) is 5.88. The highest BCUT2D eigenvalue weighted by molar-refractivity contribution is 6.30. The molecule has 1 aromatic rings. The van der Waals surface area contributed by atoms with Crippen LogP contribution in [0.25, 0.3) is 0 Å². The van der Waals surface area contributed by atoms with E-state index in [2.05, 4.69) is 23.5 Å². The van der Waals surface area contributed by atoms with Crippen LogP contribution in [0.5, 0.6) is 0 Å². The zero-order valence-corrected chi connectivity index (χ0v) is 12.1. The molecule has 3 rings (SSSR count). The normalized spacial score (nSPS) is 26.1. The zero-order chi connectivity index (χ0) is 13.1. The van der Waals surface area contributed by atoms with Gasteiger partial charge in [0.1, 0.15) is 0 Å². The molecule has 0 aromatic heterocycles. The molecule has 19 heavy (non-hydrogen) atoms. The van der Waals surface area contributed by atoms with Gasteiger partial charge in [0.2, 0.25) is 0 Å². The highest BCUT2D eigenvalue weighted by Gasteiger charge is 2.29. The molecule has 2 heteroatoms. The molecule has 1 nitrogen and oxygen atoms in total. The third kappa shape index (κ3) is 3.40. The van der Waals surface area contributed by atoms with Crippen LogP contribution in [0.3, 0.4) is 0 Å². The van der Waals surface area contributed by atoms with Crippen LogP contribution in [0.2, 0.25) is 5.02 Å². The second-order valence-corrected chi connectivity index (χ2v) is 6.31. The standard InChI is InChI=1S/C17H22ClN/c18-16-7-5-14(6-8-16)15-11-17(12-15)19-10-9-13-3-1-2-4-13/h3,5-8,15,17,19H,1-2,4,9-12H2. The molecule has 0 radical (unpaired) electrons. The molecular weight excluding hydrogens is 254 g/mol. The molecule has 0 spiro atoms. The summed E-state index contributed by atoms with van der Waals surface area (Å²) in [6, 6.07) is 9.08. The van der Waals surface area contributed by atoms with Gasteiger partial charge in [-0.15, -0.1) is 0 Å². The lowest BCUT2D eigenvalue weighted by atomic mass is 9.76. The molecule has 0 amide bonds. The van der Waals surface area contributed by atoms with E-state index in [9.17, 15) is 0 Å². The van der Waals surface area contributed by atoms with Crippen molar-refractivity contribution in [1.29, 1.82) is 0 Å². The van der Waals surface area contributed by atoms with E-state index in [1.165, 1.54) is 44.1 Å². The molecule has 0 bridgehead atoms. The summed E-state index contributed by atoms with van der Waals surface area (Å²) in [6.07, 6.45) is 10.2. The third-order valence-corrected chi connectivity index (χ3v) is 4.75. The first-order valence-electron chi connectivity index (χ1n) is 7.48. The van der Waals surface area contributed by atoms with Crippen LogP contribution in [-0.4, -0.2) is 12.6 Å². The Hall–Kier alpha value is -0.790. The first kappa shape index (κ1) is 13.2. The number of hydrogen-bond donors (Lipinski definition) is 1. The summed E-state index contributed by atoms with van der Waals surface area (Å²) in [5, 5.41) is 4.53. The van der Waals surface area contributed by atoms with E-state index >= 15 is 0 Å². The van der Waals surface area contributed by atoms with Gasteiger partial charge >= 0.3 is 0 Å². The number of halogens is 1. The average molecular weight is 276 g/mol. The number of allylic oxidation sites excluding steroid dienone is 1. The largest absolute Gasteiger partial charge is 0.314 e. The highest BCUT2D eigenvalue weighted by Crippen LogP contribution is 2.37. The van der Waals surface area contributed by atoms with Gasteiger partial charge in [-0.05, 0) is 68.7 Å². The summed E-state index contributed by atoms with van der Waals surface area (Å²) >= 11 is 5.92. The van der Waals surface area contributed by atoms with Crippen molar-refractivity contribution in [1.82, 2.24) is 5.32 Å². The van der Waals surface area contributed by atoms with E-state index in [1.54, 1.807) is 5.57 Å². The molecule has 2 aliphatic carbocycles. The molecule has 0 aliphatic heterocycles. The number of benzene rings is 1. The van der Waals surface area contributed by atoms with Gasteiger partial charge in [-0.1, -0.05) is 35.4 Å². The summed E-state index contributed by atoms with van der Waals surface area (Å²) in [5.74, 6) is 0.737. The molecule has 0 heterocycles. The topological polar surface area (TPSA) is 12.0 Å². The molecule has 0 unspecified atom stereocenters. The summed E-state index contributed by atoms with van der Waals surface area (Å²) in [6.45, 7) is 1.16. The van der Waals surface area contributed by atoms with Gasteiger partial charge in [-0.25, -0.2) is 0 Å². The van der Waals surface area contributed by atoms with E-state index in [4.69, 9.17) is 11.6 Å². The van der Waals surface area contributed by atoms with Crippen LogP contribution in [-0.2, 0) is 0 Å². The molecular formula is C17H22ClN. The van der Waals surface area contributed by atoms with Crippen LogP contribution < -0.4 is 5.32 Å². The maximum absolute atomic E-state index is 5.92. The van der Waals surface area contributed by atoms with Gasteiger partial charge in [0.25, 0.3) is 0 Å². The van der Waals surface area contributed by atoms with E-state index in [-0.39, 0.29) is 0 Å². The maximum atomic E-state index is 5.92. The molecule has 1 saturated carbocycles. The predicted molar refractivity (Wildman–Crippen MR) is 81.8 cm³/mol. The fraction of sp³-hybridized carbons (Fsp3) is 0.529. The fourth-order valence-electron chi connectivity index (χ4n) is 3.19. The van der Waals surface area contributed by atoms with E-state index in [1.807, 2.05) is 12.1 Å². The van der Waals surface area contributed by atoms with Gasteiger partial charge in [-0.2, -0.15) is 0 Å². The number of nitrogens with one attached hydrogen (secondary N) is 1. The minimum atomic E-state index is 0.725. The Morgan fingerprint density at radius 1 is 1.16 bits per heavy atom. The SMILES string of the molecule is Clc1ccc(C2CC(NCCC3=CCCC3)C2)cc1. The lowest BCUT2D eigenvalue weighted by Crippen LogP contribution is -2.40. The van der Waals surface area contributed by atoms with Crippen molar-refractivity contribution in [2.75, 3.05) is 6.54 Å². The van der Waals surface area contributed by atoms with Gasteiger partial charge < -0.3 is 5.32 Å². The third-order valence-electron chi connectivity index (χ3n) is 4.49. The Morgan fingerprint density at radius 3 is 2.63 bits per heavy atom. The van der Waals surface area contributed by atoms with Crippen molar-refractivity contribution >= 4 is 11.6 Å². The first-order valence-corrected chi connectivity index (χ1v) is 7.86.